The predicted octanol–water partition coefficient (Wildman–Crippen LogP) is 1.73. The van der Waals surface area contributed by atoms with Crippen molar-refractivity contribution in [2.45, 2.75) is 13.0 Å². The van der Waals surface area contributed by atoms with E-state index in [-0.39, 0.29) is 17.5 Å². The molecule has 0 heterocycles. The van der Waals surface area contributed by atoms with Crippen LogP contribution >= 0.6 is 0 Å². The van der Waals surface area contributed by atoms with Crippen LogP contribution in [0, 0.1) is 0 Å². The molecular formula is C18H19N3O4. The summed E-state index contributed by atoms with van der Waals surface area (Å²) in [6, 6.07) is 13.8. The largest absolute Gasteiger partial charge is 0.504 e. The fourth-order valence-electron chi connectivity index (χ4n) is 2.11. The number of rotatable bonds is 5. The van der Waals surface area contributed by atoms with Crippen molar-refractivity contribution >= 4 is 18.0 Å². The number of hydrogen-bond acceptors (Lipinski definition) is 5. The summed E-state index contributed by atoms with van der Waals surface area (Å²) in [4.78, 5) is 23.7. The maximum atomic E-state index is 11.9. The number of carbonyl (C=O) groups excluding carboxylic acids is 2. The number of nitrogens with zero attached hydrogens (tertiary/aromatic N) is 1. The van der Waals surface area contributed by atoms with Gasteiger partial charge in [-0.15, -0.1) is 0 Å². The number of ether oxygens (including phenoxy) is 1. The molecule has 25 heavy (non-hydrogen) atoms. The number of para-hydroxylation sites is 1. The smallest absolute Gasteiger partial charge is 0.329 e. The maximum absolute atomic E-state index is 11.9. The fraction of sp³-hybridized carbons (Fsp3) is 0.167. The summed E-state index contributed by atoms with van der Waals surface area (Å²) < 4.78 is 4.97. The molecular weight excluding hydrogens is 322 g/mol. The average molecular weight is 341 g/mol. The highest BCUT2D eigenvalue weighted by Crippen LogP contribution is 2.27. The molecule has 0 aliphatic rings. The van der Waals surface area contributed by atoms with Crippen LogP contribution in [-0.2, 0) is 9.59 Å². The summed E-state index contributed by atoms with van der Waals surface area (Å²) in [5.74, 6) is -1.53. The van der Waals surface area contributed by atoms with E-state index in [0.29, 0.717) is 5.56 Å². The maximum Gasteiger partial charge on any atom is 0.329 e. The van der Waals surface area contributed by atoms with Crippen molar-refractivity contribution < 1.29 is 19.4 Å². The van der Waals surface area contributed by atoms with E-state index in [1.165, 1.54) is 13.3 Å². The van der Waals surface area contributed by atoms with Crippen LogP contribution in [-0.4, -0.2) is 30.2 Å². The van der Waals surface area contributed by atoms with Crippen molar-refractivity contribution in [2.24, 2.45) is 5.10 Å². The Bertz CT molecular complexity index is 775. The van der Waals surface area contributed by atoms with E-state index in [4.69, 9.17) is 4.74 Å². The van der Waals surface area contributed by atoms with Gasteiger partial charge in [-0.2, -0.15) is 5.10 Å². The first kappa shape index (κ1) is 18.0. The Morgan fingerprint density at radius 2 is 1.84 bits per heavy atom. The summed E-state index contributed by atoms with van der Waals surface area (Å²) in [5, 5.41) is 16.2. The van der Waals surface area contributed by atoms with Crippen molar-refractivity contribution in [3.05, 3.63) is 59.7 Å². The van der Waals surface area contributed by atoms with Crippen LogP contribution in [0.15, 0.2) is 53.6 Å². The Hall–Kier alpha value is -3.35. The minimum atomic E-state index is -0.901. The van der Waals surface area contributed by atoms with Gasteiger partial charge in [-0.3, -0.25) is 9.59 Å². The lowest BCUT2D eigenvalue weighted by molar-refractivity contribution is -0.139. The lowest BCUT2D eigenvalue weighted by atomic mass is 10.1. The van der Waals surface area contributed by atoms with E-state index in [2.05, 4.69) is 15.8 Å². The van der Waals surface area contributed by atoms with Gasteiger partial charge in [-0.25, -0.2) is 5.43 Å². The highest BCUT2D eigenvalue weighted by molar-refractivity contribution is 6.35. The molecule has 0 aliphatic carbocycles. The number of hydrazone groups is 1. The lowest BCUT2D eigenvalue weighted by Crippen LogP contribution is -2.39. The summed E-state index contributed by atoms with van der Waals surface area (Å²) in [5.41, 5.74) is 3.35. The third-order valence-corrected chi connectivity index (χ3v) is 3.47. The monoisotopic (exact) mass is 341 g/mol. The van der Waals surface area contributed by atoms with Crippen molar-refractivity contribution in [1.82, 2.24) is 10.7 Å². The van der Waals surface area contributed by atoms with Crippen LogP contribution in [0.1, 0.15) is 24.1 Å². The van der Waals surface area contributed by atoms with Gasteiger partial charge in [0.05, 0.1) is 19.4 Å². The Kier molecular flexibility index (Phi) is 6.11. The van der Waals surface area contributed by atoms with Gasteiger partial charge >= 0.3 is 11.8 Å². The molecule has 3 N–H and O–H groups in total. The van der Waals surface area contributed by atoms with Crippen LogP contribution in [0.3, 0.4) is 0 Å². The topological polar surface area (TPSA) is 100 Å². The Labute approximate surface area is 145 Å². The minimum Gasteiger partial charge on any atom is -0.504 e. The molecule has 1 atom stereocenters. The van der Waals surface area contributed by atoms with E-state index >= 15 is 0 Å². The van der Waals surface area contributed by atoms with E-state index in [0.717, 1.165) is 5.56 Å². The molecule has 0 radical (unpaired) electrons. The third-order valence-electron chi connectivity index (χ3n) is 3.47. The first-order valence-corrected chi connectivity index (χ1v) is 7.57. The summed E-state index contributed by atoms with van der Waals surface area (Å²) in [6.45, 7) is 1.78. The number of hydrogen-bond donors (Lipinski definition) is 3. The standard InChI is InChI=1S/C18H19N3O4/c1-12(13-7-4-3-5-8-13)20-17(23)18(24)21-19-11-14-9-6-10-15(25-2)16(14)22/h3-12,22H,1-2H3,(H,20,23)(H,21,24)/b19-11-/t12-/m1/s1. The van der Waals surface area contributed by atoms with Crippen LogP contribution in [0.25, 0.3) is 0 Å². The fourth-order valence-corrected chi connectivity index (χ4v) is 2.11. The lowest BCUT2D eigenvalue weighted by Gasteiger charge is -2.13. The highest BCUT2D eigenvalue weighted by atomic mass is 16.5. The Balaban J connectivity index is 1.92. The Morgan fingerprint density at radius 1 is 1.12 bits per heavy atom. The molecule has 7 nitrogen and oxygen atoms in total. The normalized spacial score (nSPS) is 11.8. The molecule has 0 unspecified atom stereocenters. The quantitative estimate of drug-likeness (QED) is 0.438. The molecule has 2 rings (SSSR count). The van der Waals surface area contributed by atoms with Gasteiger partial charge in [-0.1, -0.05) is 36.4 Å². The van der Waals surface area contributed by atoms with Gasteiger partial charge in [0.2, 0.25) is 0 Å². The summed E-state index contributed by atoms with van der Waals surface area (Å²) in [7, 11) is 1.43. The highest BCUT2D eigenvalue weighted by Gasteiger charge is 2.16. The van der Waals surface area contributed by atoms with Crippen molar-refractivity contribution in [3.63, 3.8) is 0 Å². The van der Waals surface area contributed by atoms with Gasteiger partial charge in [0.1, 0.15) is 0 Å². The molecule has 0 fully saturated rings. The molecule has 2 aromatic rings. The van der Waals surface area contributed by atoms with E-state index in [9.17, 15) is 14.7 Å². The molecule has 0 saturated heterocycles. The minimum absolute atomic E-state index is 0.106. The molecule has 7 heteroatoms. The zero-order chi connectivity index (χ0) is 18.2. The van der Waals surface area contributed by atoms with E-state index < -0.39 is 11.8 Å². The third kappa shape index (κ3) is 4.81. The summed E-state index contributed by atoms with van der Waals surface area (Å²) in [6.07, 6.45) is 1.23. The van der Waals surface area contributed by atoms with Gasteiger partial charge in [0, 0.05) is 5.56 Å². The molecule has 0 saturated carbocycles. The molecule has 0 bridgehead atoms. The first-order chi connectivity index (χ1) is 12.0. The number of benzene rings is 2. The van der Waals surface area contributed by atoms with Gasteiger partial charge < -0.3 is 15.2 Å². The van der Waals surface area contributed by atoms with Crippen molar-refractivity contribution in [3.8, 4) is 11.5 Å². The molecule has 2 amide bonds. The second-order valence-electron chi connectivity index (χ2n) is 5.20. The van der Waals surface area contributed by atoms with E-state index in [1.54, 1.807) is 25.1 Å². The zero-order valence-electron chi connectivity index (χ0n) is 13.9. The molecule has 130 valence electrons. The number of nitrogens with one attached hydrogen (secondary N) is 2. The zero-order valence-corrected chi connectivity index (χ0v) is 13.9. The second-order valence-corrected chi connectivity index (χ2v) is 5.20. The van der Waals surface area contributed by atoms with Gasteiger partial charge in [-0.05, 0) is 24.6 Å². The number of phenolic OH excluding ortho intramolecular Hbond substituents is 1. The average Bonchev–Trinajstić information content (AvgIpc) is 2.63. The van der Waals surface area contributed by atoms with Gasteiger partial charge in [0.15, 0.2) is 11.5 Å². The second kappa shape index (κ2) is 8.49. The number of phenols is 1. The molecule has 0 aromatic heterocycles. The number of aromatic hydroxyl groups is 1. The summed E-state index contributed by atoms with van der Waals surface area (Å²) >= 11 is 0. The first-order valence-electron chi connectivity index (χ1n) is 7.57. The molecule has 0 spiro atoms. The van der Waals surface area contributed by atoms with Crippen molar-refractivity contribution in [1.29, 1.82) is 0 Å². The number of methoxy groups -OCH3 is 1. The SMILES string of the molecule is COc1cccc(/C=N\NC(=O)C(=O)N[C@H](C)c2ccccc2)c1O. The van der Waals surface area contributed by atoms with Gasteiger partial charge in [0.25, 0.3) is 0 Å². The van der Waals surface area contributed by atoms with Crippen LogP contribution in [0.2, 0.25) is 0 Å². The van der Waals surface area contributed by atoms with Crippen LogP contribution < -0.4 is 15.5 Å². The van der Waals surface area contributed by atoms with Crippen molar-refractivity contribution in [2.75, 3.05) is 7.11 Å². The molecule has 0 aliphatic heterocycles. The van der Waals surface area contributed by atoms with Crippen LogP contribution in [0.4, 0.5) is 0 Å². The molecule has 2 aromatic carbocycles. The number of carbonyl (C=O) groups is 2. The Morgan fingerprint density at radius 3 is 2.52 bits per heavy atom. The van der Waals surface area contributed by atoms with E-state index in [1.807, 2.05) is 30.3 Å². The predicted molar refractivity (Wildman–Crippen MR) is 93.4 cm³/mol. The number of amides is 2. The van der Waals surface area contributed by atoms with Crippen LogP contribution in [0.5, 0.6) is 11.5 Å².